The zero-order valence-corrected chi connectivity index (χ0v) is 14.3. The molecule has 3 aromatic rings. The summed E-state index contributed by atoms with van der Waals surface area (Å²) < 4.78 is 2.09. The van der Waals surface area contributed by atoms with E-state index >= 15 is 0 Å². The second-order valence-corrected chi connectivity index (χ2v) is 6.81. The van der Waals surface area contributed by atoms with Crippen molar-refractivity contribution in [2.75, 3.05) is 0 Å². The quantitative estimate of drug-likeness (QED) is 0.588. The fraction of sp³-hybridized carbons (Fsp3) is 0.286. The number of aromatic nitrogens is 3. The molecule has 0 fully saturated rings. The summed E-state index contributed by atoms with van der Waals surface area (Å²) in [6.45, 7) is 2.89. The van der Waals surface area contributed by atoms with E-state index in [0.29, 0.717) is 15.9 Å². The number of fused-ring (bicyclic) bond motifs is 1. The summed E-state index contributed by atoms with van der Waals surface area (Å²) >= 11 is 19.9. The lowest BCUT2D eigenvalue weighted by Crippen LogP contribution is -2.09. The topological polar surface area (TPSA) is 30.7 Å². The minimum absolute atomic E-state index is 0.277. The smallest absolute Gasteiger partial charge is 0.124 e. The van der Waals surface area contributed by atoms with E-state index in [1.165, 1.54) is 0 Å². The van der Waals surface area contributed by atoms with Crippen LogP contribution in [0.15, 0.2) is 23.7 Å². The molecular weight excluding hydrogens is 349 g/mol. The van der Waals surface area contributed by atoms with Gasteiger partial charge in [-0.1, -0.05) is 30.1 Å². The molecule has 0 amide bonds. The van der Waals surface area contributed by atoms with Crippen LogP contribution in [0.1, 0.15) is 23.7 Å². The van der Waals surface area contributed by atoms with Crippen LogP contribution in [0.2, 0.25) is 10.0 Å². The lowest BCUT2D eigenvalue weighted by molar-refractivity contribution is 0.592. The average Bonchev–Trinajstić information content (AvgIpc) is 3.09. The SMILES string of the molecule is CC(Cn1c(CCl)nc2cc(Cl)c(Cl)cc21)c1nccs1. The lowest BCUT2D eigenvalue weighted by atomic mass is 10.2. The van der Waals surface area contributed by atoms with Crippen LogP contribution < -0.4 is 0 Å². The Labute approximate surface area is 141 Å². The zero-order valence-electron chi connectivity index (χ0n) is 11.2. The Morgan fingerprint density at radius 2 is 2.05 bits per heavy atom. The summed E-state index contributed by atoms with van der Waals surface area (Å²) in [4.78, 5) is 8.91. The number of hydrogen-bond acceptors (Lipinski definition) is 3. The van der Waals surface area contributed by atoms with E-state index in [1.54, 1.807) is 17.4 Å². The predicted molar refractivity (Wildman–Crippen MR) is 89.8 cm³/mol. The van der Waals surface area contributed by atoms with Crippen molar-refractivity contribution in [3.63, 3.8) is 0 Å². The van der Waals surface area contributed by atoms with E-state index in [1.807, 2.05) is 17.6 Å². The molecule has 0 N–H and O–H groups in total. The van der Waals surface area contributed by atoms with E-state index in [4.69, 9.17) is 34.8 Å². The highest BCUT2D eigenvalue weighted by Gasteiger charge is 2.16. The first-order valence-electron chi connectivity index (χ1n) is 6.39. The Balaban J connectivity index is 2.05. The Morgan fingerprint density at radius 1 is 1.29 bits per heavy atom. The van der Waals surface area contributed by atoms with Crippen LogP contribution in [0.3, 0.4) is 0 Å². The zero-order chi connectivity index (χ0) is 15.0. The maximum absolute atomic E-state index is 6.13. The van der Waals surface area contributed by atoms with Crippen LogP contribution in [-0.2, 0) is 12.4 Å². The number of alkyl halides is 1. The number of halogens is 3. The Hall–Kier alpha value is -0.810. The predicted octanol–water partition coefficient (Wildman–Crippen LogP) is 5.34. The number of hydrogen-bond donors (Lipinski definition) is 0. The molecule has 0 aliphatic carbocycles. The van der Waals surface area contributed by atoms with Gasteiger partial charge in [0.2, 0.25) is 0 Å². The van der Waals surface area contributed by atoms with Gasteiger partial charge >= 0.3 is 0 Å². The maximum Gasteiger partial charge on any atom is 0.124 e. The summed E-state index contributed by atoms with van der Waals surface area (Å²) in [5, 5.41) is 4.10. The van der Waals surface area contributed by atoms with Crippen molar-refractivity contribution < 1.29 is 0 Å². The van der Waals surface area contributed by atoms with Crippen molar-refractivity contribution in [1.82, 2.24) is 14.5 Å². The van der Waals surface area contributed by atoms with Crippen molar-refractivity contribution >= 4 is 57.2 Å². The first-order chi connectivity index (χ1) is 10.1. The molecule has 0 aliphatic heterocycles. The van der Waals surface area contributed by atoms with Gasteiger partial charge < -0.3 is 4.57 Å². The Morgan fingerprint density at radius 3 is 2.71 bits per heavy atom. The molecule has 0 aliphatic rings. The van der Waals surface area contributed by atoms with E-state index in [0.717, 1.165) is 28.4 Å². The molecule has 1 aromatic carbocycles. The van der Waals surface area contributed by atoms with Gasteiger partial charge in [0.1, 0.15) is 5.82 Å². The average molecular weight is 361 g/mol. The third-order valence-electron chi connectivity index (χ3n) is 3.32. The molecule has 0 bridgehead atoms. The van der Waals surface area contributed by atoms with Gasteiger partial charge in [-0.3, -0.25) is 0 Å². The molecule has 7 heteroatoms. The van der Waals surface area contributed by atoms with Crippen LogP contribution in [-0.4, -0.2) is 14.5 Å². The van der Waals surface area contributed by atoms with Crippen molar-refractivity contribution in [1.29, 1.82) is 0 Å². The molecule has 1 unspecified atom stereocenters. The molecule has 3 nitrogen and oxygen atoms in total. The van der Waals surface area contributed by atoms with E-state index in [-0.39, 0.29) is 5.92 Å². The summed E-state index contributed by atoms with van der Waals surface area (Å²) in [7, 11) is 0. The van der Waals surface area contributed by atoms with Crippen molar-refractivity contribution in [3.8, 4) is 0 Å². The van der Waals surface area contributed by atoms with E-state index < -0.39 is 0 Å². The van der Waals surface area contributed by atoms with Crippen molar-refractivity contribution in [2.24, 2.45) is 0 Å². The van der Waals surface area contributed by atoms with Gasteiger partial charge in [-0.2, -0.15) is 0 Å². The summed E-state index contributed by atoms with van der Waals surface area (Å²) in [5.74, 6) is 1.43. The Bertz CT molecular complexity index is 767. The van der Waals surface area contributed by atoms with Crippen LogP contribution in [0, 0.1) is 0 Å². The summed E-state index contributed by atoms with van der Waals surface area (Å²) in [5.41, 5.74) is 1.76. The van der Waals surface area contributed by atoms with Crippen molar-refractivity contribution in [2.45, 2.75) is 25.3 Å². The molecule has 110 valence electrons. The fourth-order valence-electron chi connectivity index (χ4n) is 2.31. The Kier molecular flexibility index (Phi) is 4.41. The van der Waals surface area contributed by atoms with Crippen LogP contribution in [0.4, 0.5) is 0 Å². The number of benzene rings is 1. The highest BCUT2D eigenvalue weighted by molar-refractivity contribution is 7.09. The maximum atomic E-state index is 6.13. The molecule has 3 rings (SSSR count). The standard InChI is InChI=1S/C14H12Cl3N3S/c1-8(14-18-2-3-21-14)7-20-12-5-10(17)9(16)4-11(12)19-13(20)6-15/h2-5,8H,6-7H2,1H3. The molecule has 2 aromatic heterocycles. The van der Waals surface area contributed by atoms with Gasteiger partial charge in [0.25, 0.3) is 0 Å². The minimum Gasteiger partial charge on any atom is -0.326 e. The molecule has 0 saturated heterocycles. The van der Waals surface area contributed by atoms with E-state index in [9.17, 15) is 0 Å². The van der Waals surface area contributed by atoms with Crippen molar-refractivity contribution in [3.05, 3.63) is 44.6 Å². The third-order valence-corrected chi connectivity index (χ3v) is 5.29. The molecule has 0 saturated carbocycles. The second-order valence-electron chi connectivity index (χ2n) is 4.80. The molecule has 0 spiro atoms. The third kappa shape index (κ3) is 2.90. The number of imidazole rings is 1. The van der Waals surface area contributed by atoms with Gasteiger partial charge in [-0.05, 0) is 12.1 Å². The second kappa shape index (κ2) is 6.13. The largest absolute Gasteiger partial charge is 0.326 e. The van der Waals surface area contributed by atoms with Gasteiger partial charge in [0.15, 0.2) is 0 Å². The summed E-state index contributed by atoms with van der Waals surface area (Å²) in [6.07, 6.45) is 1.82. The molecule has 0 radical (unpaired) electrons. The highest BCUT2D eigenvalue weighted by Crippen LogP contribution is 2.30. The molecule has 21 heavy (non-hydrogen) atoms. The highest BCUT2D eigenvalue weighted by atomic mass is 35.5. The van der Waals surface area contributed by atoms with Crippen LogP contribution in [0.25, 0.3) is 11.0 Å². The first kappa shape index (κ1) is 15.1. The molecule has 2 heterocycles. The monoisotopic (exact) mass is 359 g/mol. The minimum atomic E-state index is 0.277. The lowest BCUT2D eigenvalue weighted by Gasteiger charge is -2.13. The van der Waals surface area contributed by atoms with Crippen LogP contribution >= 0.6 is 46.1 Å². The van der Waals surface area contributed by atoms with Gasteiger partial charge in [-0.25, -0.2) is 9.97 Å². The number of rotatable bonds is 4. The van der Waals surface area contributed by atoms with Gasteiger partial charge in [-0.15, -0.1) is 22.9 Å². The van der Waals surface area contributed by atoms with Gasteiger partial charge in [0.05, 0.1) is 32.0 Å². The first-order valence-corrected chi connectivity index (χ1v) is 8.56. The van der Waals surface area contributed by atoms with Crippen LogP contribution in [0.5, 0.6) is 0 Å². The number of nitrogens with zero attached hydrogens (tertiary/aromatic N) is 3. The molecular formula is C14H12Cl3N3S. The summed E-state index contributed by atoms with van der Waals surface area (Å²) in [6, 6.07) is 3.62. The molecule has 1 atom stereocenters. The number of thiazole rings is 1. The van der Waals surface area contributed by atoms with Gasteiger partial charge in [0, 0.05) is 24.0 Å². The fourth-order valence-corrected chi connectivity index (χ4v) is 3.52. The normalized spacial score (nSPS) is 13.0. The van der Waals surface area contributed by atoms with E-state index in [2.05, 4.69) is 21.5 Å².